The van der Waals surface area contributed by atoms with Crippen LogP contribution in [0.15, 0.2) is 71.5 Å². The Balaban J connectivity index is 0.916. The Morgan fingerprint density at radius 3 is 2.57 bits per heavy atom. The molecule has 2 aliphatic rings. The van der Waals surface area contributed by atoms with Crippen LogP contribution >= 0.6 is 11.3 Å². The molecule has 4 aromatic rings. The lowest BCUT2D eigenvalue weighted by Gasteiger charge is -2.48. The molecule has 3 heterocycles. The number of aliphatic hydroxyl groups is 1. The topological polar surface area (TPSA) is 127 Å². The molecule has 1 aromatic heterocycles. The number of aliphatic hydroxyl groups excluding tert-OH is 1. The van der Waals surface area contributed by atoms with Crippen molar-refractivity contribution in [3.05, 3.63) is 93.1 Å². The molecule has 6 rings (SSSR count). The first-order chi connectivity index (χ1) is 22.6. The van der Waals surface area contributed by atoms with E-state index < -0.39 is 11.5 Å². The molecule has 1 amide bonds. The largest absolute Gasteiger partial charge is 0.506 e. The van der Waals surface area contributed by atoms with Crippen molar-refractivity contribution >= 4 is 27.5 Å². The fourth-order valence-electron chi connectivity index (χ4n) is 6.64. The summed E-state index contributed by atoms with van der Waals surface area (Å²) in [6.07, 6.45) is 0.957. The summed E-state index contributed by atoms with van der Waals surface area (Å²) in [6, 6.07) is 21.1. The zero-order valence-electron chi connectivity index (χ0n) is 27.0. The number of amides is 1. The van der Waals surface area contributed by atoms with Crippen LogP contribution in [0.4, 0.5) is 0 Å². The number of nitrogens with one attached hydrogen (secondary N) is 2. The molecule has 0 radical (unpaired) electrons. The number of carbonyl (C=O) groups is 1. The number of carbonyl (C=O) groups excluding carboxylic acids is 1. The van der Waals surface area contributed by atoms with E-state index in [9.17, 15) is 19.8 Å². The maximum atomic E-state index is 13.6. The van der Waals surface area contributed by atoms with Crippen LogP contribution in [-0.2, 0) is 21.5 Å². The number of phenolic OH excluding ortho intramolecular Hbond substituents is 1. The number of morpholine rings is 1. The van der Waals surface area contributed by atoms with Crippen LogP contribution < -0.4 is 14.9 Å². The number of rotatable bonds is 11. The lowest BCUT2D eigenvalue weighted by atomic mass is 9.82. The van der Waals surface area contributed by atoms with E-state index in [1.54, 1.807) is 6.07 Å². The molecule has 47 heavy (non-hydrogen) atoms. The maximum Gasteiger partial charge on any atom is 0.305 e. The summed E-state index contributed by atoms with van der Waals surface area (Å²) in [6.45, 7) is 9.95. The van der Waals surface area contributed by atoms with Gasteiger partial charge in [0.25, 0.3) is 0 Å². The van der Waals surface area contributed by atoms with Crippen LogP contribution in [0, 0.1) is 0 Å². The van der Waals surface area contributed by atoms with Crippen molar-refractivity contribution in [3.63, 3.8) is 0 Å². The number of ether oxygens (including phenoxy) is 2. The molecule has 250 valence electrons. The number of hydrogen-bond acceptors (Lipinski definition) is 9. The lowest BCUT2D eigenvalue weighted by Crippen LogP contribution is -2.60. The first kappa shape index (κ1) is 33.2. The Labute approximate surface area is 278 Å². The number of aromatic hydroxyl groups is 1. The van der Waals surface area contributed by atoms with E-state index in [-0.39, 0.29) is 22.1 Å². The summed E-state index contributed by atoms with van der Waals surface area (Å²) in [5, 5.41) is 24.0. The van der Waals surface area contributed by atoms with Crippen molar-refractivity contribution in [1.29, 1.82) is 0 Å². The molecule has 0 aliphatic carbocycles. The second-order valence-corrected chi connectivity index (χ2v) is 14.1. The van der Waals surface area contributed by atoms with Gasteiger partial charge in [-0.15, -0.1) is 0 Å². The quantitative estimate of drug-likeness (QED) is 0.189. The van der Waals surface area contributed by atoms with Crippen LogP contribution in [-0.4, -0.2) is 89.0 Å². The molecule has 3 aromatic carbocycles. The highest BCUT2D eigenvalue weighted by molar-refractivity contribution is 7.16. The standard InChI is InChI=1S/C36H44N4O6S/c1-35(2,26-6-4-3-5-7-26)33(43)40-19-21-46-36(24-40)14-16-39(17-15-36)18-20-45-27-10-8-25(9-11-27)22-37-23-30(42)28-12-13-29(41)31-32(28)47-34(44)38-31/h3-13,30,37,41-42H,14-24H2,1-2H3,(H,38,44). The van der Waals surface area contributed by atoms with Gasteiger partial charge < -0.3 is 34.9 Å². The predicted molar refractivity (Wildman–Crippen MR) is 183 cm³/mol. The Kier molecular flexibility index (Phi) is 10.00. The van der Waals surface area contributed by atoms with Crippen molar-refractivity contribution in [1.82, 2.24) is 20.1 Å². The zero-order valence-corrected chi connectivity index (χ0v) is 27.9. The van der Waals surface area contributed by atoms with Crippen molar-refractivity contribution in [2.24, 2.45) is 0 Å². The number of nitrogens with zero attached hydrogens (tertiary/aromatic N) is 2. The van der Waals surface area contributed by atoms with Gasteiger partial charge in [0.2, 0.25) is 5.91 Å². The van der Waals surface area contributed by atoms with Crippen LogP contribution in [0.2, 0.25) is 0 Å². The molecule has 2 saturated heterocycles. The number of aromatic amines is 1. The van der Waals surface area contributed by atoms with Gasteiger partial charge in [-0.1, -0.05) is 59.9 Å². The number of piperidine rings is 1. The molecule has 0 saturated carbocycles. The molecule has 1 unspecified atom stereocenters. The normalized spacial score (nSPS) is 17.6. The molecular weight excluding hydrogens is 616 g/mol. The third kappa shape index (κ3) is 7.55. The third-order valence-electron chi connectivity index (χ3n) is 9.55. The van der Waals surface area contributed by atoms with E-state index in [0.29, 0.717) is 55.2 Å². The molecule has 1 spiro atoms. The van der Waals surface area contributed by atoms with E-state index in [1.807, 2.05) is 73.3 Å². The Morgan fingerprint density at radius 2 is 1.83 bits per heavy atom. The Bertz CT molecular complexity index is 1710. The van der Waals surface area contributed by atoms with Crippen LogP contribution in [0.5, 0.6) is 11.5 Å². The molecule has 11 heteroatoms. The Hall–Kier alpha value is -3.74. The summed E-state index contributed by atoms with van der Waals surface area (Å²) in [4.78, 5) is 32.1. The number of likely N-dealkylation sites (tertiary alicyclic amines) is 1. The minimum absolute atomic E-state index is 0.00675. The van der Waals surface area contributed by atoms with E-state index in [4.69, 9.17) is 9.47 Å². The number of thiazole rings is 1. The minimum atomic E-state index is -0.824. The van der Waals surface area contributed by atoms with Gasteiger partial charge in [0.05, 0.1) is 28.4 Å². The van der Waals surface area contributed by atoms with E-state index in [1.165, 1.54) is 6.07 Å². The average molecular weight is 661 g/mol. The van der Waals surface area contributed by atoms with Crippen molar-refractivity contribution < 1.29 is 24.5 Å². The van der Waals surface area contributed by atoms with Gasteiger partial charge in [-0.3, -0.25) is 14.5 Å². The van der Waals surface area contributed by atoms with Gasteiger partial charge in [-0.25, -0.2) is 0 Å². The fraction of sp³-hybridized carbons (Fsp3) is 0.444. The number of phenols is 1. The molecule has 1 atom stereocenters. The predicted octanol–water partition coefficient (Wildman–Crippen LogP) is 4.17. The molecule has 2 aliphatic heterocycles. The number of H-pyrrole nitrogens is 1. The highest BCUT2D eigenvalue weighted by atomic mass is 32.1. The summed E-state index contributed by atoms with van der Waals surface area (Å²) in [5.41, 5.74) is 2.20. The third-order valence-corrected chi connectivity index (χ3v) is 10.5. The number of hydrogen-bond donors (Lipinski definition) is 4. The van der Waals surface area contributed by atoms with Gasteiger partial charge in [0.1, 0.15) is 23.6 Å². The number of fused-ring (bicyclic) bond motifs is 1. The lowest BCUT2D eigenvalue weighted by molar-refractivity contribution is -0.163. The van der Waals surface area contributed by atoms with Gasteiger partial charge in [-0.05, 0) is 56.0 Å². The summed E-state index contributed by atoms with van der Waals surface area (Å²) >= 11 is 0.980. The minimum Gasteiger partial charge on any atom is -0.506 e. The van der Waals surface area contributed by atoms with Gasteiger partial charge in [0, 0.05) is 51.4 Å². The van der Waals surface area contributed by atoms with E-state index >= 15 is 0 Å². The Morgan fingerprint density at radius 1 is 1.09 bits per heavy atom. The van der Waals surface area contributed by atoms with Gasteiger partial charge in [0.15, 0.2) is 0 Å². The monoisotopic (exact) mass is 660 g/mol. The fourth-order valence-corrected chi connectivity index (χ4v) is 7.56. The summed E-state index contributed by atoms with van der Waals surface area (Å²) < 4.78 is 12.9. The number of aromatic nitrogens is 1. The summed E-state index contributed by atoms with van der Waals surface area (Å²) in [7, 11) is 0. The van der Waals surface area contributed by atoms with Crippen molar-refractivity contribution in [3.8, 4) is 11.5 Å². The summed E-state index contributed by atoms with van der Waals surface area (Å²) in [5.74, 6) is 0.962. The first-order valence-electron chi connectivity index (χ1n) is 16.3. The van der Waals surface area contributed by atoms with Crippen LogP contribution in [0.25, 0.3) is 10.2 Å². The second-order valence-electron chi connectivity index (χ2n) is 13.1. The van der Waals surface area contributed by atoms with Crippen LogP contribution in [0.1, 0.15) is 49.5 Å². The molecule has 2 fully saturated rings. The van der Waals surface area contributed by atoms with Gasteiger partial charge in [-0.2, -0.15) is 0 Å². The highest BCUT2D eigenvalue weighted by Gasteiger charge is 2.44. The second kappa shape index (κ2) is 14.2. The molecular formula is C36H44N4O6S. The van der Waals surface area contributed by atoms with Crippen molar-refractivity contribution in [2.45, 2.75) is 50.4 Å². The number of benzene rings is 3. The van der Waals surface area contributed by atoms with E-state index in [2.05, 4.69) is 15.2 Å². The molecule has 4 N–H and O–H groups in total. The van der Waals surface area contributed by atoms with Crippen LogP contribution in [0.3, 0.4) is 0 Å². The molecule has 10 nitrogen and oxygen atoms in total. The smallest absolute Gasteiger partial charge is 0.305 e. The van der Waals surface area contributed by atoms with Crippen molar-refractivity contribution in [2.75, 3.05) is 52.5 Å². The van der Waals surface area contributed by atoms with Gasteiger partial charge >= 0.3 is 4.87 Å². The van der Waals surface area contributed by atoms with E-state index in [0.717, 1.165) is 60.7 Å². The highest BCUT2D eigenvalue weighted by Crippen LogP contribution is 2.34. The first-order valence-corrected chi connectivity index (χ1v) is 17.1. The zero-order chi connectivity index (χ0) is 33.0. The average Bonchev–Trinajstić information content (AvgIpc) is 3.49. The maximum absolute atomic E-state index is 13.6. The molecule has 0 bridgehead atoms. The SMILES string of the molecule is CC(C)(C(=O)N1CCOC2(CCN(CCOc3ccc(CNCC(O)c4ccc(O)c5[nH]c(=O)sc45)cc3)CC2)C1)c1ccccc1.